The highest BCUT2D eigenvalue weighted by Gasteiger charge is 2.19. The summed E-state index contributed by atoms with van der Waals surface area (Å²) in [4.78, 5) is 38.2. The number of hydrazone groups is 1. The third-order valence-corrected chi connectivity index (χ3v) is 6.00. The summed E-state index contributed by atoms with van der Waals surface area (Å²) >= 11 is 2.08. The van der Waals surface area contributed by atoms with Crippen LogP contribution in [0.15, 0.2) is 41.5 Å². The predicted octanol–water partition coefficient (Wildman–Crippen LogP) is 2.00. The second kappa shape index (κ2) is 13.8. The Balaban J connectivity index is 1.56. The second-order valence-electron chi connectivity index (χ2n) is 7.91. The van der Waals surface area contributed by atoms with Crippen molar-refractivity contribution in [3.8, 4) is 11.5 Å². The molecule has 3 rings (SSSR count). The summed E-state index contributed by atoms with van der Waals surface area (Å²) in [7, 11) is 0. The van der Waals surface area contributed by atoms with Crippen LogP contribution < -0.4 is 20.2 Å². The molecule has 2 N–H and O–H groups in total. The lowest BCUT2D eigenvalue weighted by molar-refractivity contribution is -0.139. The minimum Gasteiger partial charge on any atom is -0.490 e. The molecule has 1 fully saturated rings. The van der Waals surface area contributed by atoms with Gasteiger partial charge in [-0.15, -0.1) is 0 Å². The molecule has 3 amide bonds. The molecular weight excluding hydrogens is 579 g/mol. The summed E-state index contributed by atoms with van der Waals surface area (Å²) in [5, 5.41) is 6.43. The summed E-state index contributed by atoms with van der Waals surface area (Å²) < 4.78 is 17.5. The maximum absolute atomic E-state index is 12.4. The Bertz CT molecular complexity index is 1100. The third-order valence-electron chi connectivity index (χ3n) is 5.20. The minimum absolute atomic E-state index is 0.114. The normalized spacial score (nSPS) is 13.4. The van der Waals surface area contributed by atoms with Crippen molar-refractivity contribution in [1.82, 2.24) is 15.6 Å². The molecule has 1 saturated heterocycles. The highest BCUT2D eigenvalue weighted by atomic mass is 127. The van der Waals surface area contributed by atoms with Crippen molar-refractivity contribution in [2.75, 3.05) is 39.5 Å². The van der Waals surface area contributed by atoms with Gasteiger partial charge in [-0.3, -0.25) is 14.4 Å². The number of carbonyl (C=O) groups is 3. The van der Waals surface area contributed by atoms with Crippen LogP contribution in [0.5, 0.6) is 11.5 Å². The van der Waals surface area contributed by atoms with Crippen LogP contribution in [0, 0.1) is 10.5 Å². The van der Waals surface area contributed by atoms with Crippen LogP contribution in [-0.2, 0) is 25.7 Å². The van der Waals surface area contributed by atoms with Gasteiger partial charge in [0.2, 0.25) is 0 Å². The molecule has 2 aromatic carbocycles. The number of morpholine rings is 1. The van der Waals surface area contributed by atoms with Gasteiger partial charge in [-0.05, 0) is 59.7 Å². The van der Waals surface area contributed by atoms with Gasteiger partial charge in [-0.25, -0.2) is 5.43 Å². The topological polar surface area (TPSA) is 119 Å². The van der Waals surface area contributed by atoms with E-state index in [2.05, 4.69) is 38.4 Å². The fraction of sp³-hybridized carbons (Fsp3) is 0.360. The zero-order valence-electron chi connectivity index (χ0n) is 20.2. The first-order valence-corrected chi connectivity index (χ1v) is 12.6. The molecule has 0 spiro atoms. The number of amides is 3. The van der Waals surface area contributed by atoms with Gasteiger partial charge >= 0.3 is 11.8 Å². The fourth-order valence-corrected chi connectivity index (χ4v) is 4.07. The van der Waals surface area contributed by atoms with E-state index in [0.717, 1.165) is 11.1 Å². The lowest BCUT2D eigenvalue weighted by Gasteiger charge is -2.27. The van der Waals surface area contributed by atoms with Crippen molar-refractivity contribution in [1.29, 1.82) is 0 Å². The van der Waals surface area contributed by atoms with Crippen molar-refractivity contribution in [3.05, 3.63) is 56.7 Å². The highest BCUT2D eigenvalue weighted by Crippen LogP contribution is 2.34. The van der Waals surface area contributed by atoms with Gasteiger partial charge in [0.1, 0.15) is 0 Å². The van der Waals surface area contributed by atoms with E-state index in [1.165, 1.54) is 6.21 Å². The Morgan fingerprint density at radius 1 is 1.11 bits per heavy atom. The number of hydrogen-bond donors (Lipinski definition) is 2. The molecule has 1 heterocycles. The summed E-state index contributed by atoms with van der Waals surface area (Å²) in [6.45, 7) is 6.46. The zero-order chi connectivity index (χ0) is 25.9. The molecule has 0 bridgehead atoms. The number of aryl methyl sites for hydroxylation is 1. The number of ether oxygens (including phenoxy) is 3. The van der Waals surface area contributed by atoms with Gasteiger partial charge in [0, 0.05) is 19.6 Å². The quantitative estimate of drug-likeness (QED) is 0.195. The van der Waals surface area contributed by atoms with E-state index in [1.807, 2.05) is 38.1 Å². The second-order valence-corrected chi connectivity index (χ2v) is 9.07. The number of rotatable bonds is 9. The van der Waals surface area contributed by atoms with Crippen LogP contribution in [-0.4, -0.2) is 68.4 Å². The number of benzene rings is 2. The molecule has 1 aliphatic rings. The Kier molecular flexibility index (Phi) is 10.5. The van der Waals surface area contributed by atoms with Crippen molar-refractivity contribution in [2.45, 2.75) is 20.4 Å². The fourth-order valence-electron chi connectivity index (χ4n) is 3.29. The number of nitrogens with one attached hydrogen (secondary N) is 2. The van der Waals surface area contributed by atoms with E-state index in [-0.39, 0.29) is 19.1 Å². The first kappa shape index (κ1) is 27.4. The Labute approximate surface area is 223 Å². The van der Waals surface area contributed by atoms with Gasteiger partial charge < -0.3 is 24.4 Å². The van der Waals surface area contributed by atoms with Gasteiger partial charge in [-0.1, -0.05) is 29.8 Å². The van der Waals surface area contributed by atoms with Gasteiger partial charge in [0.25, 0.3) is 5.91 Å². The number of halogens is 1. The standard InChI is InChI=1S/C25H29IN4O6/c1-3-35-21-13-19(12-20(26)23(21)36-16-22(31)30-8-10-34-11-9-30)15-28-29-25(33)24(32)27-14-18-6-4-17(2)5-7-18/h4-7,12-13,15H,3,8-11,14,16H2,1-2H3,(H,27,32)(H,29,33)/b28-15-. The first-order chi connectivity index (χ1) is 17.4. The third kappa shape index (κ3) is 8.19. The lowest BCUT2D eigenvalue weighted by atomic mass is 10.1. The predicted molar refractivity (Wildman–Crippen MR) is 142 cm³/mol. The van der Waals surface area contributed by atoms with Crippen LogP contribution in [0.3, 0.4) is 0 Å². The van der Waals surface area contributed by atoms with Crippen molar-refractivity contribution >= 4 is 46.5 Å². The highest BCUT2D eigenvalue weighted by molar-refractivity contribution is 14.1. The maximum atomic E-state index is 12.4. The molecule has 0 aliphatic carbocycles. The van der Waals surface area contributed by atoms with Crippen molar-refractivity contribution < 1.29 is 28.6 Å². The Morgan fingerprint density at radius 2 is 1.83 bits per heavy atom. The molecule has 10 nitrogen and oxygen atoms in total. The molecule has 2 aromatic rings. The largest absolute Gasteiger partial charge is 0.490 e. The van der Waals surface area contributed by atoms with E-state index in [4.69, 9.17) is 14.2 Å². The van der Waals surface area contributed by atoms with E-state index in [9.17, 15) is 14.4 Å². The van der Waals surface area contributed by atoms with E-state index in [0.29, 0.717) is 53.5 Å². The van der Waals surface area contributed by atoms with E-state index < -0.39 is 11.8 Å². The molecular formula is C25H29IN4O6. The Hall–Kier alpha value is -3.19. The van der Waals surface area contributed by atoms with Crippen LogP contribution in [0.4, 0.5) is 0 Å². The lowest BCUT2D eigenvalue weighted by Crippen LogP contribution is -2.43. The van der Waals surface area contributed by atoms with Crippen LogP contribution >= 0.6 is 22.6 Å². The minimum atomic E-state index is -0.875. The molecule has 1 aliphatic heterocycles. The average molecular weight is 608 g/mol. The van der Waals surface area contributed by atoms with Gasteiger partial charge in [0.15, 0.2) is 18.1 Å². The SMILES string of the molecule is CCOc1cc(/C=N\NC(=O)C(=O)NCc2ccc(C)cc2)cc(I)c1OCC(=O)N1CCOCC1. The van der Waals surface area contributed by atoms with Crippen LogP contribution in [0.25, 0.3) is 0 Å². The van der Waals surface area contributed by atoms with E-state index in [1.54, 1.807) is 17.0 Å². The molecule has 0 aromatic heterocycles. The Morgan fingerprint density at radius 3 is 2.53 bits per heavy atom. The van der Waals surface area contributed by atoms with Gasteiger partial charge in [-0.2, -0.15) is 5.10 Å². The molecule has 0 atom stereocenters. The molecule has 0 unspecified atom stereocenters. The summed E-state index contributed by atoms with van der Waals surface area (Å²) in [6, 6.07) is 11.1. The molecule has 0 radical (unpaired) electrons. The smallest absolute Gasteiger partial charge is 0.329 e. The maximum Gasteiger partial charge on any atom is 0.329 e. The average Bonchev–Trinajstić information content (AvgIpc) is 2.88. The van der Waals surface area contributed by atoms with Crippen molar-refractivity contribution in [3.63, 3.8) is 0 Å². The van der Waals surface area contributed by atoms with Crippen LogP contribution in [0.1, 0.15) is 23.6 Å². The molecule has 0 saturated carbocycles. The summed E-state index contributed by atoms with van der Waals surface area (Å²) in [5.74, 6) is -0.880. The molecule has 11 heteroatoms. The zero-order valence-corrected chi connectivity index (χ0v) is 22.4. The summed E-state index contributed by atoms with van der Waals surface area (Å²) in [5.41, 5.74) is 4.84. The molecule has 192 valence electrons. The number of nitrogens with zero attached hydrogens (tertiary/aromatic N) is 2. The summed E-state index contributed by atoms with van der Waals surface area (Å²) in [6.07, 6.45) is 1.40. The molecule has 36 heavy (non-hydrogen) atoms. The number of carbonyl (C=O) groups excluding carboxylic acids is 3. The number of hydrogen-bond acceptors (Lipinski definition) is 7. The van der Waals surface area contributed by atoms with Gasteiger partial charge in [0.05, 0.1) is 29.6 Å². The van der Waals surface area contributed by atoms with E-state index >= 15 is 0 Å². The monoisotopic (exact) mass is 608 g/mol. The first-order valence-electron chi connectivity index (χ1n) is 11.5. The van der Waals surface area contributed by atoms with Crippen LogP contribution in [0.2, 0.25) is 0 Å². The van der Waals surface area contributed by atoms with Crippen molar-refractivity contribution in [2.24, 2.45) is 5.10 Å².